The molecule has 0 atom stereocenters. The van der Waals surface area contributed by atoms with Gasteiger partial charge in [-0.25, -0.2) is 5.10 Å². The van der Waals surface area contributed by atoms with Gasteiger partial charge in [0.25, 0.3) is 0 Å². The highest BCUT2D eigenvalue weighted by Crippen LogP contribution is 2.08. The standard InChI is InChI=1S/C16H17N5/c1-3-7-13(8-4-1)11-17-15-19-16(21-20-15)18-12-14-9-5-2-6-10-14/h1-10H,11-12H2,(H3,17,18,19,20,21). The number of anilines is 2. The molecule has 1 heterocycles. The first-order valence-corrected chi connectivity index (χ1v) is 6.88. The van der Waals surface area contributed by atoms with Crippen LogP contribution in [0.3, 0.4) is 0 Å². The number of aromatic nitrogens is 3. The summed E-state index contributed by atoms with van der Waals surface area (Å²) in [5.74, 6) is 1.25. The topological polar surface area (TPSA) is 65.6 Å². The SMILES string of the molecule is c1ccc(CNc2n[nH]c(NCc3ccccc3)n2)cc1. The Morgan fingerprint density at radius 2 is 1.33 bits per heavy atom. The Morgan fingerprint density at radius 1 is 0.762 bits per heavy atom. The summed E-state index contributed by atoms with van der Waals surface area (Å²) in [6, 6.07) is 20.3. The highest BCUT2D eigenvalue weighted by Gasteiger charge is 2.02. The largest absolute Gasteiger partial charge is 0.350 e. The zero-order valence-corrected chi connectivity index (χ0v) is 11.6. The third-order valence-corrected chi connectivity index (χ3v) is 3.08. The van der Waals surface area contributed by atoms with Crippen LogP contribution in [-0.2, 0) is 13.1 Å². The van der Waals surface area contributed by atoms with Crippen LogP contribution in [0.2, 0.25) is 0 Å². The van der Waals surface area contributed by atoms with E-state index in [1.54, 1.807) is 0 Å². The minimum absolute atomic E-state index is 0.592. The molecule has 0 unspecified atom stereocenters. The maximum atomic E-state index is 4.35. The van der Waals surface area contributed by atoms with Gasteiger partial charge in [0.1, 0.15) is 0 Å². The first-order chi connectivity index (χ1) is 10.4. The zero-order chi connectivity index (χ0) is 14.3. The summed E-state index contributed by atoms with van der Waals surface area (Å²) < 4.78 is 0. The minimum Gasteiger partial charge on any atom is -0.350 e. The van der Waals surface area contributed by atoms with Crippen molar-refractivity contribution in [1.29, 1.82) is 0 Å². The Labute approximate surface area is 123 Å². The number of nitrogens with one attached hydrogen (secondary N) is 3. The van der Waals surface area contributed by atoms with Gasteiger partial charge in [-0.3, -0.25) is 0 Å². The van der Waals surface area contributed by atoms with Crippen LogP contribution in [-0.4, -0.2) is 15.2 Å². The van der Waals surface area contributed by atoms with Crippen LogP contribution in [0, 0.1) is 0 Å². The van der Waals surface area contributed by atoms with Crippen molar-refractivity contribution in [1.82, 2.24) is 15.2 Å². The maximum Gasteiger partial charge on any atom is 0.243 e. The second kappa shape index (κ2) is 6.56. The fourth-order valence-corrected chi connectivity index (χ4v) is 1.98. The molecule has 21 heavy (non-hydrogen) atoms. The molecule has 0 aliphatic heterocycles. The molecule has 0 saturated heterocycles. The monoisotopic (exact) mass is 279 g/mol. The maximum absolute atomic E-state index is 4.35. The molecule has 0 fully saturated rings. The Hall–Kier alpha value is -2.82. The quantitative estimate of drug-likeness (QED) is 0.649. The van der Waals surface area contributed by atoms with Gasteiger partial charge in [-0.05, 0) is 11.1 Å². The van der Waals surface area contributed by atoms with Crippen molar-refractivity contribution in [2.24, 2.45) is 0 Å². The van der Waals surface area contributed by atoms with Crippen molar-refractivity contribution in [3.63, 3.8) is 0 Å². The molecule has 5 nitrogen and oxygen atoms in total. The number of aromatic amines is 1. The average Bonchev–Trinajstić information content (AvgIpc) is 3.01. The summed E-state index contributed by atoms with van der Waals surface area (Å²) >= 11 is 0. The van der Waals surface area contributed by atoms with E-state index in [0.29, 0.717) is 25.0 Å². The van der Waals surface area contributed by atoms with E-state index in [1.165, 1.54) is 11.1 Å². The lowest BCUT2D eigenvalue weighted by Crippen LogP contribution is -2.02. The van der Waals surface area contributed by atoms with Gasteiger partial charge in [0.15, 0.2) is 0 Å². The number of rotatable bonds is 6. The molecule has 0 aliphatic rings. The lowest BCUT2D eigenvalue weighted by Gasteiger charge is -2.02. The first kappa shape index (κ1) is 13.2. The average molecular weight is 279 g/mol. The van der Waals surface area contributed by atoms with Gasteiger partial charge in [0.05, 0.1) is 0 Å². The molecule has 1 aromatic heterocycles. The number of nitrogens with zero attached hydrogens (tertiary/aromatic N) is 2. The van der Waals surface area contributed by atoms with Crippen LogP contribution in [0.25, 0.3) is 0 Å². The van der Waals surface area contributed by atoms with Crippen LogP contribution < -0.4 is 10.6 Å². The van der Waals surface area contributed by atoms with Crippen molar-refractivity contribution in [2.45, 2.75) is 13.1 Å². The molecule has 0 saturated carbocycles. The summed E-state index contributed by atoms with van der Waals surface area (Å²) in [5.41, 5.74) is 2.40. The Bertz CT molecular complexity index is 605. The summed E-state index contributed by atoms with van der Waals surface area (Å²) in [6.07, 6.45) is 0. The van der Waals surface area contributed by atoms with E-state index in [9.17, 15) is 0 Å². The zero-order valence-electron chi connectivity index (χ0n) is 11.6. The van der Waals surface area contributed by atoms with Gasteiger partial charge in [-0.15, -0.1) is 5.10 Å². The lowest BCUT2D eigenvalue weighted by atomic mass is 10.2. The van der Waals surface area contributed by atoms with Crippen molar-refractivity contribution in [3.05, 3.63) is 71.8 Å². The number of hydrogen-bond donors (Lipinski definition) is 3. The van der Waals surface area contributed by atoms with Crippen LogP contribution in [0.4, 0.5) is 11.9 Å². The minimum atomic E-state index is 0.592. The number of hydrogen-bond acceptors (Lipinski definition) is 4. The smallest absolute Gasteiger partial charge is 0.243 e. The predicted octanol–water partition coefficient (Wildman–Crippen LogP) is 3.03. The van der Waals surface area contributed by atoms with Crippen molar-refractivity contribution in [3.8, 4) is 0 Å². The molecule has 0 spiro atoms. The Morgan fingerprint density at radius 3 is 1.95 bits per heavy atom. The van der Waals surface area contributed by atoms with Crippen LogP contribution in [0.5, 0.6) is 0 Å². The summed E-state index contributed by atoms with van der Waals surface area (Å²) in [6.45, 7) is 1.42. The molecule has 5 heteroatoms. The normalized spacial score (nSPS) is 10.3. The first-order valence-electron chi connectivity index (χ1n) is 6.88. The molecule has 3 N–H and O–H groups in total. The van der Waals surface area contributed by atoms with Gasteiger partial charge in [-0.1, -0.05) is 60.7 Å². The summed E-state index contributed by atoms with van der Waals surface area (Å²) in [5, 5.41) is 13.4. The molecule has 0 bridgehead atoms. The van der Waals surface area contributed by atoms with E-state index >= 15 is 0 Å². The van der Waals surface area contributed by atoms with Crippen molar-refractivity contribution >= 4 is 11.9 Å². The number of H-pyrrole nitrogens is 1. The van der Waals surface area contributed by atoms with Gasteiger partial charge >= 0.3 is 0 Å². The van der Waals surface area contributed by atoms with Gasteiger partial charge in [-0.2, -0.15) is 4.98 Å². The molecule has 3 rings (SSSR count). The second-order valence-electron chi connectivity index (χ2n) is 4.69. The molecule has 2 aromatic carbocycles. The molecule has 0 amide bonds. The molecule has 106 valence electrons. The van der Waals surface area contributed by atoms with Crippen LogP contribution in [0.1, 0.15) is 11.1 Å². The van der Waals surface area contributed by atoms with Gasteiger partial charge in [0.2, 0.25) is 11.9 Å². The van der Waals surface area contributed by atoms with E-state index in [1.807, 2.05) is 36.4 Å². The van der Waals surface area contributed by atoms with E-state index in [0.717, 1.165) is 0 Å². The Kier molecular flexibility index (Phi) is 4.12. The highest BCUT2D eigenvalue weighted by molar-refractivity contribution is 5.35. The fraction of sp³-hybridized carbons (Fsp3) is 0.125. The molecular weight excluding hydrogens is 262 g/mol. The van der Waals surface area contributed by atoms with Crippen LogP contribution >= 0.6 is 0 Å². The fourth-order valence-electron chi connectivity index (χ4n) is 1.98. The van der Waals surface area contributed by atoms with E-state index < -0.39 is 0 Å². The number of benzene rings is 2. The molecule has 0 aliphatic carbocycles. The van der Waals surface area contributed by atoms with Gasteiger partial charge in [0, 0.05) is 13.1 Å². The summed E-state index contributed by atoms with van der Waals surface area (Å²) in [7, 11) is 0. The summed E-state index contributed by atoms with van der Waals surface area (Å²) in [4.78, 5) is 4.35. The van der Waals surface area contributed by atoms with E-state index in [-0.39, 0.29) is 0 Å². The third-order valence-electron chi connectivity index (χ3n) is 3.08. The van der Waals surface area contributed by atoms with E-state index in [4.69, 9.17) is 0 Å². The van der Waals surface area contributed by atoms with Gasteiger partial charge < -0.3 is 10.6 Å². The Balaban J connectivity index is 1.52. The molecule has 3 aromatic rings. The predicted molar refractivity (Wildman–Crippen MR) is 83.9 cm³/mol. The van der Waals surface area contributed by atoms with Crippen molar-refractivity contribution < 1.29 is 0 Å². The lowest BCUT2D eigenvalue weighted by molar-refractivity contribution is 1.03. The third kappa shape index (κ3) is 3.82. The highest BCUT2D eigenvalue weighted by atomic mass is 15.3. The van der Waals surface area contributed by atoms with Crippen LogP contribution in [0.15, 0.2) is 60.7 Å². The van der Waals surface area contributed by atoms with Crippen molar-refractivity contribution in [2.75, 3.05) is 10.6 Å². The second-order valence-corrected chi connectivity index (χ2v) is 4.69. The van der Waals surface area contributed by atoms with E-state index in [2.05, 4.69) is 50.1 Å². The molecule has 0 radical (unpaired) electrons. The molecular formula is C16H17N5.